The van der Waals surface area contributed by atoms with Gasteiger partial charge in [0, 0.05) is 5.56 Å². The number of hydrogen-bond donors (Lipinski definition) is 0. The van der Waals surface area contributed by atoms with Crippen molar-refractivity contribution >= 4 is 51.9 Å². The number of nitrogens with zero attached hydrogens (tertiary/aromatic N) is 2. The van der Waals surface area contributed by atoms with Gasteiger partial charge in [0.15, 0.2) is 5.17 Å². The number of aliphatic imine (C=N–C) groups is 1. The van der Waals surface area contributed by atoms with Crippen molar-refractivity contribution in [3.63, 3.8) is 0 Å². The maximum Gasteiger partial charge on any atom is 0.271 e. The minimum atomic E-state index is -0.476. The van der Waals surface area contributed by atoms with Crippen LogP contribution in [0.25, 0.3) is 6.08 Å². The van der Waals surface area contributed by atoms with E-state index in [0.717, 1.165) is 28.1 Å². The Labute approximate surface area is 196 Å². The minimum absolute atomic E-state index is 0.192. The molecule has 1 aliphatic heterocycles. The molecule has 4 rings (SSSR count). The van der Waals surface area contributed by atoms with Crippen LogP contribution in [0.1, 0.15) is 27.8 Å². The third kappa shape index (κ3) is 4.36. The fourth-order valence-electron chi connectivity index (χ4n) is 3.33. The van der Waals surface area contributed by atoms with E-state index < -0.39 is 5.82 Å². The van der Waals surface area contributed by atoms with Gasteiger partial charge in [0.05, 0.1) is 21.3 Å². The molecule has 162 valence electrons. The first-order valence-corrected chi connectivity index (χ1v) is 11.4. The molecule has 1 aliphatic rings. The molecule has 3 nitrogen and oxygen atoms in total. The lowest BCUT2D eigenvalue weighted by Crippen LogP contribution is -2.28. The zero-order chi connectivity index (χ0) is 23.0. The molecule has 0 atom stereocenters. The van der Waals surface area contributed by atoms with Crippen molar-refractivity contribution in [2.75, 3.05) is 4.90 Å². The maximum absolute atomic E-state index is 14.4. The standard InChI is InChI=1S/C26H22ClFN2OS/c1-15-8-10-19(12-17(15)3)29-26-30(20-11-9-16(2)18(4)13-20)25(31)24(32-26)14-21-22(27)6-5-7-23(21)28/h5-14H,1-4H3. The Morgan fingerprint density at radius 3 is 2.28 bits per heavy atom. The highest BCUT2D eigenvalue weighted by Crippen LogP contribution is 2.39. The molecule has 0 radical (unpaired) electrons. The molecule has 3 aromatic carbocycles. The van der Waals surface area contributed by atoms with Crippen LogP contribution in [-0.2, 0) is 4.79 Å². The van der Waals surface area contributed by atoms with E-state index in [1.165, 1.54) is 35.5 Å². The van der Waals surface area contributed by atoms with Crippen LogP contribution in [0.3, 0.4) is 0 Å². The third-order valence-electron chi connectivity index (χ3n) is 5.55. The first-order valence-electron chi connectivity index (χ1n) is 10.2. The van der Waals surface area contributed by atoms with Gasteiger partial charge in [0.1, 0.15) is 5.82 Å². The highest BCUT2D eigenvalue weighted by atomic mass is 35.5. The van der Waals surface area contributed by atoms with Gasteiger partial charge in [-0.3, -0.25) is 9.69 Å². The van der Waals surface area contributed by atoms with E-state index in [0.29, 0.717) is 10.1 Å². The molecule has 0 aliphatic carbocycles. The number of thioether (sulfide) groups is 1. The Morgan fingerprint density at radius 2 is 1.62 bits per heavy atom. The van der Waals surface area contributed by atoms with Gasteiger partial charge in [-0.15, -0.1) is 0 Å². The van der Waals surface area contributed by atoms with E-state index in [2.05, 4.69) is 0 Å². The highest BCUT2D eigenvalue weighted by Gasteiger charge is 2.35. The van der Waals surface area contributed by atoms with E-state index in [9.17, 15) is 9.18 Å². The minimum Gasteiger partial charge on any atom is -0.268 e. The van der Waals surface area contributed by atoms with Crippen molar-refractivity contribution in [2.45, 2.75) is 27.7 Å². The fraction of sp³-hybridized carbons (Fsp3) is 0.154. The number of benzene rings is 3. The molecule has 0 aromatic heterocycles. The van der Waals surface area contributed by atoms with Crippen molar-refractivity contribution in [1.82, 2.24) is 0 Å². The van der Waals surface area contributed by atoms with Gasteiger partial charge in [0.2, 0.25) is 0 Å². The van der Waals surface area contributed by atoms with Crippen LogP contribution in [0.4, 0.5) is 15.8 Å². The highest BCUT2D eigenvalue weighted by molar-refractivity contribution is 8.19. The molecule has 0 N–H and O–H groups in total. The maximum atomic E-state index is 14.4. The average Bonchev–Trinajstić information content (AvgIpc) is 3.04. The van der Waals surface area contributed by atoms with Crippen molar-refractivity contribution < 1.29 is 9.18 Å². The smallest absolute Gasteiger partial charge is 0.268 e. The SMILES string of the molecule is Cc1ccc(N=C2SC(=Cc3c(F)cccc3Cl)C(=O)N2c2ccc(C)c(C)c2)cc1C. The number of aryl methyl sites for hydroxylation is 4. The van der Waals surface area contributed by atoms with Crippen molar-refractivity contribution in [2.24, 2.45) is 4.99 Å². The molecule has 3 aromatic rings. The second-order valence-corrected chi connectivity index (χ2v) is 9.23. The summed E-state index contributed by atoms with van der Waals surface area (Å²) in [6.45, 7) is 8.09. The van der Waals surface area contributed by atoms with Crippen molar-refractivity contribution in [3.8, 4) is 0 Å². The molecular formula is C26H22ClFN2OS. The van der Waals surface area contributed by atoms with Gasteiger partial charge in [-0.1, -0.05) is 29.8 Å². The van der Waals surface area contributed by atoms with E-state index in [1.807, 2.05) is 64.1 Å². The summed E-state index contributed by atoms with van der Waals surface area (Å²) in [6.07, 6.45) is 1.50. The summed E-state index contributed by atoms with van der Waals surface area (Å²) in [5.41, 5.74) is 6.16. The van der Waals surface area contributed by atoms with E-state index in [-0.39, 0.29) is 16.5 Å². The lowest BCUT2D eigenvalue weighted by Gasteiger charge is -2.17. The van der Waals surface area contributed by atoms with Crippen LogP contribution in [0.5, 0.6) is 0 Å². The number of anilines is 1. The molecule has 0 saturated carbocycles. The van der Waals surface area contributed by atoms with Gasteiger partial charge in [-0.2, -0.15) is 0 Å². The van der Waals surface area contributed by atoms with E-state index in [4.69, 9.17) is 16.6 Å². The summed E-state index contributed by atoms with van der Waals surface area (Å²) >= 11 is 7.41. The van der Waals surface area contributed by atoms with Crippen LogP contribution in [0.15, 0.2) is 64.5 Å². The van der Waals surface area contributed by atoms with Gasteiger partial charge >= 0.3 is 0 Å². The summed E-state index contributed by atoms with van der Waals surface area (Å²) in [4.78, 5) is 20.2. The molecule has 0 unspecified atom stereocenters. The van der Waals surface area contributed by atoms with Gasteiger partial charge in [-0.25, -0.2) is 9.38 Å². The van der Waals surface area contributed by atoms with Gasteiger partial charge in [-0.05, 0) is 104 Å². The van der Waals surface area contributed by atoms with Gasteiger partial charge in [0.25, 0.3) is 5.91 Å². The number of halogens is 2. The topological polar surface area (TPSA) is 32.7 Å². The summed E-state index contributed by atoms with van der Waals surface area (Å²) in [5.74, 6) is -0.740. The molecule has 0 bridgehead atoms. The van der Waals surface area contributed by atoms with Crippen molar-refractivity contribution in [1.29, 1.82) is 0 Å². The Morgan fingerprint density at radius 1 is 0.938 bits per heavy atom. The van der Waals surface area contributed by atoms with Crippen LogP contribution in [0.2, 0.25) is 5.02 Å². The number of carbonyl (C=O) groups excluding carboxylic acids is 1. The van der Waals surface area contributed by atoms with E-state index >= 15 is 0 Å². The van der Waals surface area contributed by atoms with Crippen LogP contribution in [-0.4, -0.2) is 11.1 Å². The zero-order valence-electron chi connectivity index (χ0n) is 18.2. The lowest BCUT2D eigenvalue weighted by molar-refractivity contribution is -0.113. The molecule has 1 saturated heterocycles. The number of amides is 1. The van der Waals surface area contributed by atoms with Gasteiger partial charge < -0.3 is 0 Å². The summed E-state index contributed by atoms with van der Waals surface area (Å²) < 4.78 is 14.4. The van der Waals surface area contributed by atoms with Crippen LogP contribution < -0.4 is 4.90 Å². The second kappa shape index (κ2) is 8.93. The zero-order valence-corrected chi connectivity index (χ0v) is 19.8. The molecular weight excluding hydrogens is 443 g/mol. The number of rotatable bonds is 3. The Balaban J connectivity index is 1.84. The Kier molecular flexibility index (Phi) is 6.22. The summed E-state index contributed by atoms with van der Waals surface area (Å²) in [6, 6.07) is 16.2. The van der Waals surface area contributed by atoms with Crippen LogP contribution in [0, 0.1) is 33.5 Å². The molecule has 1 amide bonds. The number of carbonyl (C=O) groups is 1. The first kappa shape index (κ1) is 22.3. The van der Waals surface area contributed by atoms with Crippen LogP contribution >= 0.6 is 23.4 Å². The number of amidine groups is 1. The molecule has 32 heavy (non-hydrogen) atoms. The second-order valence-electron chi connectivity index (χ2n) is 7.82. The Hall–Kier alpha value is -2.89. The lowest BCUT2D eigenvalue weighted by atomic mass is 10.1. The molecule has 6 heteroatoms. The summed E-state index contributed by atoms with van der Waals surface area (Å²) in [5, 5.41) is 0.767. The van der Waals surface area contributed by atoms with Crippen molar-refractivity contribution in [3.05, 3.63) is 98.2 Å². The quantitative estimate of drug-likeness (QED) is 0.375. The number of hydrogen-bond acceptors (Lipinski definition) is 3. The fourth-order valence-corrected chi connectivity index (χ4v) is 4.53. The van der Waals surface area contributed by atoms with E-state index in [1.54, 1.807) is 11.0 Å². The predicted octanol–water partition coefficient (Wildman–Crippen LogP) is 7.52. The average molecular weight is 465 g/mol. The molecule has 1 fully saturated rings. The Bertz CT molecular complexity index is 1280. The normalized spacial score (nSPS) is 16.4. The molecule has 1 heterocycles. The first-order chi connectivity index (χ1) is 15.2. The summed E-state index contributed by atoms with van der Waals surface area (Å²) in [7, 11) is 0. The molecule has 0 spiro atoms. The largest absolute Gasteiger partial charge is 0.271 e. The third-order valence-corrected chi connectivity index (χ3v) is 6.84. The monoisotopic (exact) mass is 464 g/mol. The predicted molar refractivity (Wildman–Crippen MR) is 133 cm³/mol.